The summed E-state index contributed by atoms with van der Waals surface area (Å²) in [6, 6.07) is 10.3. The van der Waals surface area contributed by atoms with Crippen molar-refractivity contribution < 1.29 is 31.9 Å². The lowest BCUT2D eigenvalue weighted by Crippen LogP contribution is -2.43. The van der Waals surface area contributed by atoms with Gasteiger partial charge in [-0.2, -0.15) is 4.31 Å². The second-order valence-electron chi connectivity index (χ2n) is 8.33. The molecule has 34 heavy (non-hydrogen) atoms. The molecular weight excluding hydrogens is 463 g/mol. The zero-order chi connectivity index (χ0) is 24.3. The molecule has 2 aromatic rings. The Morgan fingerprint density at radius 2 is 1.44 bits per heavy atom. The Hall–Kier alpha value is -3.11. The molecule has 2 aromatic carbocycles. The van der Waals surface area contributed by atoms with Crippen LogP contribution in [0.4, 0.5) is 4.39 Å². The lowest BCUT2D eigenvalue weighted by Gasteiger charge is -2.23. The zero-order valence-electron chi connectivity index (χ0n) is 18.5. The Morgan fingerprint density at radius 3 is 2.09 bits per heavy atom. The number of amides is 2. The molecule has 0 N–H and O–H groups in total. The molecule has 0 unspecified atom stereocenters. The fourth-order valence-electron chi connectivity index (χ4n) is 4.10. The zero-order valence-corrected chi connectivity index (χ0v) is 19.3. The maximum atomic E-state index is 13.2. The van der Waals surface area contributed by atoms with Crippen molar-refractivity contribution in [3.63, 3.8) is 0 Å². The van der Waals surface area contributed by atoms with Gasteiger partial charge in [-0.15, -0.1) is 0 Å². The summed E-state index contributed by atoms with van der Waals surface area (Å²) in [6.07, 6.45) is 1.88. The standard InChI is InChI=1S/C24H25FN2O6S/c25-19-10-6-17(7-11-19)22(28)27-16-2-1-5-21(23(27)29)33-24(30)18-8-12-20(13-9-18)34(31,32)26-14-3-4-15-26/h6-13,21H,1-5,14-16H2/t21-/m1/s1. The number of hydrogen-bond donors (Lipinski definition) is 0. The smallest absolute Gasteiger partial charge is 0.338 e. The highest BCUT2D eigenvalue weighted by atomic mass is 32.2. The molecule has 180 valence electrons. The Balaban J connectivity index is 1.45. The van der Waals surface area contributed by atoms with Gasteiger partial charge in [0.1, 0.15) is 5.82 Å². The Kier molecular flexibility index (Phi) is 7.08. The highest BCUT2D eigenvalue weighted by molar-refractivity contribution is 7.89. The molecule has 0 aromatic heterocycles. The Labute approximate surface area is 197 Å². The van der Waals surface area contributed by atoms with Gasteiger partial charge in [0.15, 0.2) is 6.10 Å². The van der Waals surface area contributed by atoms with Crippen molar-refractivity contribution in [2.45, 2.75) is 43.1 Å². The lowest BCUT2D eigenvalue weighted by atomic mass is 10.1. The quantitative estimate of drug-likeness (QED) is 0.474. The number of imide groups is 1. The number of hydrogen-bond acceptors (Lipinski definition) is 6. The van der Waals surface area contributed by atoms with E-state index in [9.17, 15) is 27.2 Å². The molecule has 2 saturated heterocycles. The number of esters is 1. The average molecular weight is 489 g/mol. The summed E-state index contributed by atoms with van der Waals surface area (Å²) in [5.41, 5.74) is 0.269. The number of sulfonamides is 1. The Morgan fingerprint density at radius 1 is 0.853 bits per heavy atom. The number of carbonyl (C=O) groups excluding carboxylic acids is 3. The topological polar surface area (TPSA) is 101 Å². The van der Waals surface area contributed by atoms with Crippen molar-refractivity contribution in [1.29, 1.82) is 0 Å². The van der Waals surface area contributed by atoms with E-state index in [4.69, 9.17) is 4.74 Å². The van der Waals surface area contributed by atoms with Crippen LogP contribution in [0.2, 0.25) is 0 Å². The number of rotatable bonds is 5. The van der Waals surface area contributed by atoms with Gasteiger partial charge in [-0.1, -0.05) is 0 Å². The van der Waals surface area contributed by atoms with Crippen LogP contribution in [0.15, 0.2) is 53.4 Å². The van der Waals surface area contributed by atoms with Crippen LogP contribution in [-0.4, -0.2) is 61.1 Å². The van der Waals surface area contributed by atoms with Gasteiger partial charge in [-0.25, -0.2) is 17.6 Å². The molecule has 0 spiro atoms. The number of likely N-dealkylation sites (tertiary alicyclic amines) is 1. The molecule has 2 aliphatic heterocycles. The maximum Gasteiger partial charge on any atom is 0.338 e. The van der Waals surface area contributed by atoms with E-state index in [2.05, 4.69) is 0 Å². The largest absolute Gasteiger partial charge is 0.449 e. The third-order valence-electron chi connectivity index (χ3n) is 6.02. The van der Waals surface area contributed by atoms with E-state index in [0.717, 1.165) is 29.9 Å². The number of nitrogens with zero attached hydrogens (tertiary/aromatic N) is 2. The summed E-state index contributed by atoms with van der Waals surface area (Å²) >= 11 is 0. The highest BCUT2D eigenvalue weighted by Crippen LogP contribution is 2.23. The van der Waals surface area contributed by atoms with E-state index in [1.54, 1.807) is 0 Å². The average Bonchev–Trinajstić information content (AvgIpc) is 3.33. The molecular formula is C24H25FN2O6S. The van der Waals surface area contributed by atoms with E-state index in [-0.39, 0.29) is 29.0 Å². The van der Waals surface area contributed by atoms with E-state index < -0.39 is 39.7 Å². The minimum absolute atomic E-state index is 0.0903. The van der Waals surface area contributed by atoms with E-state index in [0.29, 0.717) is 25.9 Å². The van der Waals surface area contributed by atoms with Crippen molar-refractivity contribution in [3.8, 4) is 0 Å². The summed E-state index contributed by atoms with van der Waals surface area (Å²) in [5, 5.41) is 0. The van der Waals surface area contributed by atoms with Crippen LogP contribution >= 0.6 is 0 Å². The number of benzene rings is 2. The molecule has 2 amide bonds. The molecule has 2 fully saturated rings. The first-order valence-corrected chi connectivity index (χ1v) is 12.6. The molecule has 0 saturated carbocycles. The van der Waals surface area contributed by atoms with E-state index >= 15 is 0 Å². The van der Waals surface area contributed by atoms with Crippen molar-refractivity contribution >= 4 is 27.8 Å². The summed E-state index contributed by atoms with van der Waals surface area (Å²) in [5.74, 6) is -2.48. The first kappa shape index (κ1) is 24.0. The summed E-state index contributed by atoms with van der Waals surface area (Å²) in [6.45, 7) is 1.12. The molecule has 0 bridgehead atoms. The Bertz CT molecular complexity index is 1170. The van der Waals surface area contributed by atoms with Crippen molar-refractivity contribution in [2.24, 2.45) is 0 Å². The second-order valence-corrected chi connectivity index (χ2v) is 10.3. The van der Waals surface area contributed by atoms with Crippen molar-refractivity contribution in [3.05, 3.63) is 65.5 Å². The summed E-state index contributed by atoms with van der Waals surface area (Å²) < 4.78 is 45.3. The van der Waals surface area contributed by atoms with Gasteiger partial charge in [-0.05, 0) is 80.6 Å². The van der Waals surface area contributed by atoms with Gasteiger partial charge < -0.3 is 4.74 Å². The molecule has 2 aliphatic rings. The molecule has 1 atom stereocenters. The predicted molar refractivity (Wildman–Crippen MR) is 120 cm³/mol. The number of halogens is 1. The van der Waals surface area contributed by atoms with Gasteiger partial charge in [0, 0.05) is 25.2 Å². The van der Waals surface area contributed by atoms with Gasteiger partial charge in [-0.3, -0.25) is 14.5 Å². The lowest BCUT2D eigenvalue weighted by molar-refractivity contribution is -0.137. The molecule has 4 rings (SSSR count). The van der Waals surface area contributed by atoms with Crippen molar-refractivity contribution in [2.75, 3.05) is 19.6 Å². The van der Waals surface area contributed by atoms with Crippen LogP contribution in [0.5, 0.6) is 0 Å². The van der Waals surface area contributed by atoms with Gasteiger partial charge >= 0.3 is 5.97 Å². The minimum atomic E-state index is -3.61. The van der Waals surface area contributed by atoms with Gasteiger partial charge in [0.2, 0.25) is 10.0 Å². The molecule has 10 heteroatoms. The van der Waals surface area contributed by atoms with Crippen LogP contribution in [0.1, 0.15) is 52.8 Å². The molecule has 0 aliphatic carbocycles. The third-order valence-corrected chi connectivity index (χ3v) is 7.93. The monoisotopic (exact) mass is 488 g/mol. The van der Waals surface area contributed by atoms with Crippen LogP contribution in [0, 0.1) is 5.82 Å². The van der Waals surface area contributed by atoms with E-state index in [1.807, 2.05) is 0 Å². The van der Waals surface area contributed by atoms with Gasteiger partial charge in [0.25, 0.3) is 11.8 Å². The first-order valence-electron chi connectivity index (χ1n) is 11.2. The number of ether oxygens (including phenoxy) is 1. The minimum Gasteiger partial charge on any atom is -0.449 e. The van der Waals surface area contributed by atoms with Gasteiger partial charge in [0.05, 0.1) is 10.5 Å². The predicted octanol–water partition coefficient (Wildman–Crippen LogP) is 2.99. The SMILES string of the molecule is O=C(O[C@@H]1CCCCN(C(=O)c2ccc(F)cc2)C1=O)c1ccc(S(=O)(=O)N2CCCC2)cc1. The van der Waals surface area contributed by atoms with E-state index in [1.165, 1.54) is 40.7 Å². The normalized spacial score (nSPS) is 19.6. The third kappa shape index (κ3) is 5.02. The first-order chi connectivity index (χ1) is 16.3. The molecule has 2 heterocycles. The molecule has 8 nitrogen and oxygen atoms in total. The highest BCUT2D eigenvalue weighted by Gasteiger charge is 2.34. The van der Waals surface area contributed by atoms with Crippen LogP contribution < -0.4 is 0 Å². The van der Waals surface area contributed by atoms with Crippen molar-refractivity contribution in [1.82, 2.24) is 9.21 Å². The molecule has 0 radical (unpaired) electrons. The summed E-state index contributed by atoms with van der Waals surface area (Å²) in [7, 11) is -3.61. The second kappa shape index (κ2) is 10.0. The maximum absolute atomic E-state index is 13.2. The fraction of sp³-hybridized carbons (Fsp3) is 0.375. The fourth-order valence-corrected chi connectivity index (χ4v) is 5.62. The number of carbonyl (C=O) groups is 3. The summed E-state index contributed by atoms with van der Waals surface area (Å²) in [4.78, 5) is 39.6. The van der Waals surface area contributed by atoms with Crippen LogP contribution in [0.25, 0.3) is 0 Å². The van der Waals surface area contributed by atoms with Crippen LogP contribution in [-0.2, 0) is 19.6 Å². The van der Waals surface area contributed by atoms with Crippen LogP contribution in [0.3, 0.4) is 0 Å².